The minimum atomic E-state index is -1.35. The Morgan fingerprint density at radius 2 is 0.738 bits per heavy atom. The van der Waals surface area contributed by atoms with Crippen molar-refractivity contribution in [2.24, 2.45) is 5.73 Å². The van der Waals surface area contributed by atoms with E-state index in [0.29, 0.717) is 65.4 Å². The number of ether oxygens (including phenoxy) is 2. The van der Waals surface area contributed by atoms with Gasteiger partial charge in [-0.1, -0.05) is 109 Å². The summed E-state index contributed by atoms with van der Waals surface area (Å²) in [6.45, 7) is 4.18. The lowest BCUT2D eigenvalue weighted by Crippen LogP contribution is -2.56. The largest absolute Gasteiger partial charge is 0.479 e. The van der Waals surface area contributed by atoms with Crippen molar-refractivity contribution in [3.63, 3.8) is 0 Å². The van der Waals surface area contributed by atoms with Crippen LogP contribution in [-0.2, 0) is 62.4 Å². The van der Waals surface area contributed by atoms with Gasteiger partial charge < -0.3 is 36.1 Å². The molecule has 0 radical (unpaired) electrons. The number of aliphatic carboxylic acids is 1. The molecule has 0 saturated heterocycles. The number of nitrogens with one attached hydrogen (secondary N) is 2. The van der Waals surface area contributed by atoms with Crippen molar-refractivity contribution in [1.29, 1.82) is 0 Å². The number of hydrogen-bond donors (Lipinski definition) is 5. The Balaban J connectivity index is 0.000000135. The van der Waals surface area contributed by atoms with Crippen molar-refractivity contribution in [3.05, 3.63) is 215 Å². The summed E-state index contributed by atoms with van der Waals surface area (Å²) < 4.78 is 10.3. The second kappa shape index (κ2) is 23.8. The Hall–Kier alpha value is -9.88. The number of hydrogen-bond acceptors (Lipinski definition) is 15. The third kappa shape index (κ3) is 12.1. The van der Waals surface area contributed by atoms with Gasteiger partial charge in [0.05, 0.1) is 64.9 Å². The van der Waals surface area contributed by atoms with Gasteiger partial charge in [0, 0.05) is 38.5 Å². The van der Waals surface area contributed by atoms with Gasteiger partial charge in [0.25, 0.3) is 11.8 Å². The molecule has 3 aromatic heterocycles. The average Bonchev–Trinajstić information content (AvgIpc) is 4.18. The first-order chi connectivity index (χ1) is 38.6. The predicted molar refractivity (Wildman–Crippen MR) is 295 cm³/mol. The first kappa shape index (κ1) is 54.9. The molecular formula is C61H55N9O10. The number of rotatable bonds is 10. The lowest BCUT2D eigenvalue weighted by atomic mass is 9.95. The fraction of sp³-hybridized carbons (Fsp3) is 0.213. The second-order valence-electron chi connectivity index (χ2n) is 19.4. The van der Waals surface area contributed by atoms with E-state index in [2.05, 4.69) is 40.5 Å². The molecule has 0 unspecified atom stereocenters. The summed E-state index contributed by atoms with van der Waals surface area (Å²) in [6, 6.07) is 45.0. The molecule has 0 saturated carbocycles. The van der Waals surface area contributed by atoms with E-state index in [1.807, 2.05) is 109 Å². The maximum atomic E-state index is 12.9. The number of aromatic carboxylic acids is 1. The van der Waals surface area contributed by atoms with Crippen LogP contribution in [0.4, 0.5) is 0 Å². The number of carbonyl (C=O) groups is 6. The number of carbonyl (C=O) groups excluding carboxylic acids is 4. The van der Waals surface area contributed by atoms with Crippen LogP contribution in [0.1, 0.15) is 78.7 Å². The normalized spacial score (nSPS) is 14.4. The SMILES string of the molecule is CCOC(=O)C1(N)Cc2ccccc2C1.CCOC(=O)C1(NC(=O)c2cnc3ccccc3n2)Cc2ccccc2C1.O=C(NC1(C(=O)O)Cc2ccccc2C1)c1cnc2ccccc2n1.O=C(O)c1cnc2ccccc2n1. The van der Waals surface area contributed by atoms with Gasteiger partial charge in [-0.25, -0.2) is 29.3 Å². The number of para-hydroxylation sites is 6. The standard InChI is InChI=1S/C21H19N3O3.C19H15N3O3.C12H15NO2.C9H6N2O2/c1-2-27-20(26)21(11-14-7-3-4-8-15(14)12-21)24-19(25)18-13-22-16-9-5-6-10-17(16)23-18;23-17(16-11-20-14-7-3-4-8-15(14)21-16)22-19(18(24)25)9-12-5-1-2-6-13(12)10-19;1-2-15-11(14)12(13)7-9-5-3-4-6-10(9)8-12;12-9(13)8-5-10-6-3-1-2-4-7(6)11-8/h3-10,13H,2,11-12H2,1H3,(H,24,25);1-8,11H,9-10H2,(H,22,23)(H,24,25);3-6H,2,7-8,13H2,1H3;1-5H,(H,12,13). The Morgan fingerprint density at radius 3 is 1.10 bits per heavy atom. The molecule has 12 rings (SSSR count). The molecule has 404 valence electrons. The summed E-state index contributed by atoms with van der Waals surface area (Å²) in [5.74, 6) is -3.80. The van der Waals surface area contributed by atoms with Crippen LogP contribution >= 0.6 is 0 Å². The zero-order valence-corrected chi connectivity index (χ0v) is 43.7. The van der Waals surface area contributed by atoms with E-state index in [4.69, 9.17) is 20.3 Å². The number of aromatic nitrogens is 6. The predicted octanol–water partition coefficient (Wildman–Crippen LogP) is 6.82. The summed E-state index contributed by atoms with van der Waals surface area (Å²) in [5.41, 5.74) is 13.2. The fourth-order valence-electron chi connectivity index (χ4n) is 9.90. The molecule has 9 aromatic rings. The lowest BCUT2D eigenvalue weighted by molar-refractivity contribution is -0.150. The Bertz CT molecular complexity index is 3760. The van der Waals surface area contributed by atoms with Crippen LogP contribution in [0.3, 0.4) is 0 Å². The molecule has 2 amide bonds. The van der Waals surface area contributed by atoms with Crippen LogP contribution < -0.4 is 16.4 Å². The molecule has 3 heterocycles. The molecule has 0 bridgehead atoms. The van der Waals surface area contributed by atoms with Gasteiger partial charge in [0.1, 0.15) is 28.0 Å². The highest BCUT2D eigenvalue weighted by Gasteiger charge is 2.48. The first-order valence-corrected chi connectivity index (χ1v) is 25.7. The third-order valence-corrected chi connectivity index (χ3v) is 13.8. The second-order valence-corrected chi connectivity index (χ2v) is 19.4. The van der Waals surface area contributed by atoms with Gasteiger partial charge in [-0.2, -0.15) is 0 Å². The van der Waals surface area contributed by atoms with Gasteiger partial charge in [0.2, 0.25) is 0 Å². The van der Waals surface area contributed by atoms with Gasteiger partial charge in [0.15, 0.2) is 5.69 Å². The van der Waals surface area contributed by atoms with E-state index in [-0.39, 0.29) is 42.5 Å². The molecule has 0 fully saturated rings. The van der Waals surface area contributed by atoms with Crippen molar-refractivity contribution in [3.8, 4) is 0 Å². The van der Waals surface area contributed by atoms with Gasteiger partial charge >= 0.3 is 23.9 Å². The number of benzene rings is 6. The quantitative estimate of drug-likeness (QED) is 0.0878. The highest BCUT2D eigenvalue weighted by Crippen LogP contribution is 2.33. The number of carboxylic acid groups (broad SMARTS) is 2. The van der Waals surface area contributed by atoms with Crippen molar-refractivity contribution >= 4 is 68.8 Å². The third-order valence-electron chi connectivity index (χ3n) is 13.8. The van der Waals surface area contributed by atoms with E-state index >= 15 is 0 Å². The minimum absolute atomic E-state index is 0.0290. The number of esters is 2. The maximum Gasteiger partial charge on any atom is 0.356 e. The van der Waals surface area contributed by atoms with Gasteiger partial charge in [-0.05, 0) is 83.6 Å². The number of fused-ring (bicyclic) bond motifs is 6. The van der Waals surface area contributed by atoms with E-state index < -0.39 is 46.3 Å². The molecule has 6 aromatic carbocycles. The highest BCUT2D eigenvalue weighted by molar-refractivity contribution is 5.99. The van der Waals surface area contributed by atoms with E-state index in [9.17, 15) is 33.9 Å². The molecule has 19 heteroatoms. The van der Waals surface area contributed by atoms with E-state index in [1.54, 1.807) is 50.2 Å². The van der Waals surface area contributed by atoms with Crippen LogP contribution in [0.5, 0.6) is 0 Å². The minimum Gasteiger partial charge on any atom is -0.479 e. The molecule has 3 aliphatic rings. The number of amides is 2. The monoisotopic (exact) mass is 1070 g/mol. The topological polar surface area (TPSA) is 289 Å². The summed E-state index contributed by atoms with van der Waals surface area (Å²) >= 11 is 0. The Labute approximate surface area is 458 Å². The number of carboxylic acids is 2. The van der Waals surface area contributed by atoms with Crippen molar-refractivity contribution in [2.75, 3.05) is 13.2 Å². The molecule has 80 heavy (non-hydrogen) atoms. The summed E-state index contributed by atoms with van der Waals surface area (Å²) in [4.78, 5) is 97.4. The lowest BCUT2D eigenvalue weighted by Gasteiger charge is -2.27. The zero-order valence-electron chi connectivity index (χ0n) is 43.7. The van der Waals surface area contributed by atoms with Crippen LogP contribution in [0.15, 0.2) is 164 Å². The zero-order chi connectivity index (χ0) is 56.4. The average molecular weight is 1070 g/mol. The van der Waals surface area contributed by atoms with Gasteiger partial charge in [-0.3, -0.25) is 29.3 Å². The number of nitrogens with zero attached hydrogens (tertiary/aromatic N) is 6. The van der Waals surface area contributed by atoms with E-state index in [0.717, 1.165) is 33.4 Å². The molecule has 6 N–H and O–H groups in total. The van der Waals surface area contributed by atoms with Crippen LogP contribution in [0, 0.1) is 0 Å². The number of nitrogens with two attached hydrogens (primary N) is 1. The molecule has 0 atom stereocenters. The summed E-state index contributed by atoms with van der Waals surface area (Å²) in [7, 11) is 0. The summed E-state index contributed by atoms with van der Waals surface area (Å²) in [6.07, 6.45) is 6.53. The van der Waals surface area contributed by atoms with Crippen molar-refractivity contribution in [2.45, 2.75) is 69.0 Å². The van der Waals surface area contributed by atoms with Crippen LogP contribution in [0.25, 0.3) is 33.1 Å². The van der Waals surface area contributed by atoms with E-state index in [1.165, 1.54) is 18.6 Å². The highest BCUT2D eigenvalue weighted by atomic mass is 16.5. The van der Waals surface area contributed by atoms with Crippen molar-refractivity contribution < 1.29 is 48.5 Å². The summed E-state index contributed by atoms with van der Waals surface area (Å²) in [5, 5.41) is 24.0. The molecule has 19 nitrogen and oxygen atoms in total. The molecule has 0 aliphatic heterocycles. The van der Waals surface area contributed by atoms with Crippen LogP contribution in [-0.4, -0.2) is 106 Å². The molecular weight excluding hydrogens is 1020 g/mol. The first-order valence-electron chi connectivity index (χ1n) is 25.7. The molecule has 0 spiro atoms. The molecule has 3 aliphatic carbocycles. The fourth-order valence-corrected chi connectivity index (χ4v) is 9.90. The van der Waals surface area contributed by atoms with Gasteiger partial charge in [-0.15, -0.1) is 0 Å². The van der Waals surface area contributed by atoms with Crippen molar-refractivity contribution in [1.82, 2.24) is 40.5 Å². The Kier molecular flexibility index (Phi) is 16.3. The van der Waals surface area contributed by atoms with Crippen LogP contribution in [0.2, 0.25) is 0 Å². The smallest absolute Gasteiger partial charge is 0.356 e. The Morgan fingerprint density at radius 1 is 0.438 bits per heavy atom. The maximum absolute atomic E-state index is 12.9.